The van der Waals surface area contributed by atoms with Crippen molar-refractivity contribution in [1.29, 1.82) is 0 Å². The number of hydrogen-bond donors (Lipinski definition) is 0. The van der Waals surface area contributed by atoms with Gasteiger partial charge in [0.2, 0.25) is 0 Å². The molecule has 0 aliphatic carbocycles. The van der Waals surface area contributed by atoms with E-state index in [2.05, 4.69) is 33.5 Å². The van der Waals surface area contributed by atoms with Gasteiger partial charge in [0.25, 0.3) is 11.4 Å². The quantitative estimate of drug-likeness (QED) is 0.0813. The molecule has 3 aromatic rings. The molecule has 0 unspecified atom stereocenters. The van der Waals surface area contributed by atoms with Crippen LogP contribution in [0.15, 0.2) is 36.4 Å². The molecule has 0 bridgehead atoms. The van der Waals surface area contributed by atoms with Gasteiger partial charge in [0.05, 0.1) is 53.1 Å². The van der Waals surface area contributed by atoms with Gasteiger partial charge in [-0.1, -0.05) is 39.6 Å². The smallest absolute Gasteiger partial charge is 0.497 e. The first-order valence-corrected chi connectivity index (χ1v) is 19.8. The summed E-state index contributed by atoms with van der Waals surface area (Å²) in [5.74, 6) is 0.871. The van der Waals surface area contributed by atoms with Gasteiger partial charge in [0.1, 0.15) is 18.2 Å². The van der Waals surface area contributed by atoms with Crippen LogP contribution in [0.1, 0.15) is 52.9 Å². The van der Waals surface area contributed by atoms with Crippen molar-refractivity contribution in [3.8, 4) is 22.6 Å². The van der Waals surface area contributed by atoms with E-state index < -0.39 is 36.2 Å². The molecule has 0 spiro atoms. The maximum atomic E-state index is 11.1. The number of rotatable bonds is 13. The Morgan fingerprint density at radius 3 is 1.90 bits per heavy atom. The largest absolute Gasteiger partial charge is 0.498 e. The molecular weight excluding hydrogens is 635 g/mol. The fourth-order valence-electron chi connectivity index (χ4n) is 5.08. The van der Waals surface area contributed by atoms with E-state index in [1.807, 2.05) is 32.4 Å². The fraction of sp³-hybridized carbons (Fsp3) is 0.545. The topological polar surface area (TPSA) is 150 Å². The average Bonchev–Trinajstić information content (AvgIpc) is 3.49. The van der Waals surface area contributed by atoms with Crippen LogP contribution in [0.25, 0.3) is 11.1 Å². The molecule has 1 aromatic heterocycles. The molecule has 1 aliphatic rings. The molecule has 262 valence electrons. The second kappa shape index (κ2) is 15.6. The number of nitro groups is 2. The first kappa shape index (κ1) is 38.7. The normalized spacial score (nSPS) is 15.1. The Hall–Kier alpha value is -3.79. The summed E-state index contributed by atoms with van der Waals surface area (Å²) in [6.07, 6.45) is 1.53. The molecule has 0 amide bonds. The molecule has 0 radical (unpaired) electrons. The molecule has 2 heterocycles. The second-order valence-corrected chi connectivity index (χ2v) is 19.4. The third-order valence-corrected chi connectivity index (χ3v) is 10.3. The number of aryl methyl sites for hydroxylation is 1. The van der Waals surface area contributed by atoms with E-state index in [1.54, 1.807) is 12.1 Å². The van der Waals surface area contributed by atoms with Crippen LogP contribution in [0, 0.1) is 20.2 Å². The number of nitrogens with zero attached hydrogens (tertiary/aromatic N) is 4. The molecule has 2 aromatic carbocycles. The zero-order valence-corrected chi connectivity index (χ0v) is 31.0. The Bertz CT molecular complexity index is 1590. The van der Waals surface area contributed by atoms with Crippen LogP contribution in [-0.4, -0.2) is 66.8 Å². The highest BCUT2D eigenvalue weighted by Crippen LogP contribution is 2.39. The lowest BCUT2D eigenvalue weighted by molar-refractivity contribution is -0.385. The van der Waals surface area contributed by atoms with E-state index >= 15 is 0 Å². The van der Waals surface area contributed by atoms with Gasteiger partial charge in [0.15, 0.2) is 0 Å². The van der Waals surface area contributed by atoms with E-state index in [1.165, 1.54) is 38.5 Å². The van der Waals surface area contributed by atoms with Crippen molar-refractivity contribution < 1.29 is 33.4 Å². The summed E-state index contributed by atoms with van der Waals surface area (Å²) in [7, 11) is 1.26. The number of benzene rings is 2. The Kier molecular flexibility index (Phi) is 12.6. The molecule has 1 aliphatic heterocycles. The van der Waals surface area contributed by atoms with Crippen LogP contribution in [-0.2, 0) is 33.6 Å². The zero-order chi connectivity index (χ0) is 36.0. The number of aromatic nitrogens is 2. The molecule has 0 saturated carbocycles. The summed E-state index contributed by atoms with van der Waals surface area (Å²) in [4.78, 5) is 21.0. The van der Waals surface area contributed by atoms with Crippen molar-refractivity contribution in [2.24, 2.45) is 0 Å². The Morgan fingerprint density at radius 2 is 1.42 bits per heavy atom. The summed E-state index contributed by atoms with van der Waals surface area (Å²) >= 11 is 0. The third-order valence-electron chi connectivity index (χ3n) is 8.61. The van der Waals surface area contributed by atoms with Crippen LogP contribution >= 0.6 is 0 Å². The lowest BCUT2D eigenvalue weighted by atomic mass is 9.78. The van der Waals surface area contributed by atoms with Crippen LogP contribution < -0.4 is 14.9 Å². The standard InChI is InChI=1S/C20H31N3O4Si.C13H18BNO5/c1-7-17-20(16-10-9-15(23(24)25)13-19(16)26-3)18(8-2)22(21-17)14-27-11-12-28(4,5)6;1-12(2)13(3,4)20-14(19-12)10-7-6-9(15(16)17)8-11(10)18-5/h9-10,13H,7-8,11-12,14H2,1-6H3;6-8H,1-5H3. The first-order chi connectivity index (χ1) is 22.4. The Balaban J connectivity index is 0.000000275. The number of non-ortho nitro benzene ring substituents is 2. The summed E-state index contributed by atoms with van der Waals surface area (Å²) in [6, 6.07) is 10.2. The SMILES string of the molecule is CCc1nn(COCC[Si](C)(C)C)c(CC)c1-c1ccc([N+](=O)[O-])cc1OC.COc1cc([N+](=O)[O-])ccc1B1OC(C)(C)C(C)(C)O1. The van der Waals surface area contributed by atoms with Gasteiger partial charge in [-0.2, -0.15) is 5.10 Å². The van der Waals surface area contributed by atoms with Crippen LogP contribution in [0.5, 0.6) is 11.5 Å². The Morgan fingerprint density at radius 1 is 0.875 bits per heavy atom. The van der Waals surface area contributed by atoms with Crippen LogP contribution in [0.4, 0.5) is 11.4 Å². The highest BCUT2D eigenvalue weighted by Gasteiger charge is 2.52. The highest BCUT2D eigenvalue weighted by atomic mass is 28.3. The van der Waals surface area contributed by atoms with Crippen molar-refractivity contribution in [1.82, 2.24) is 9.78 Å². The van der Waals surface area contributed by atoms with Crippen molar-refractivity contribution in [3.05, 3.63) is 68.0 Å². The van der Waals surface area contributed by atoms with Crippen molar-refractivity contribution >= 4 is 32.0 Å². The molecule has 0 N–H and O–H groups in total. The van der Waals surface area contributed by atoms with Gasteiger partial charge >= 0.3 is 7.12 Å². The van der Waals surface area contributed by atoms with Crippen molar-refractivity contribution in [3.63, 3.8) is 0 Å². The molecular formula is C33H49BN4O9Si. The van der Waals surface area contributed by atoms with Gasteiger partial charge in [-0.15, -0.1) is 0 Å². The third kappa shape index (κ3) is 9.01. The van der Waals surface area contributed by atoms with Crippen LogP contribution in [0.3, 0.4) is 0 Å². The summed E-state index contributed by atoms with van der Waals surface area (Å²) in [5.41, 5.74) is 3.52. The molecule has 0 atom stereocenters. The molecule has 4 rings (SSSR count). The van der Waals surface area contributed by atoms with Crippen molar-refractivity contribution in [2.45, 2.75) is 98.0 Å². The first-order valence-electron chi connectivity index (χ1n) is 16.1. The predicted octanol–water partition coefficient (Wildman–Crippen LogP) is 6.81. The number of methoxy groups -OCH3 is 2. The van der Waals surface area contributed by atoms with Gasteiger partial charge < -0.3 is 23.5 Å². The number of hydrogen-bond acceptors (Lipinski definition) is 10. The van der Waals surface area contributed by atoms with Crippen LogP contribution in [0.2, 0.25) is 25.7 Å². The van der Waals surface area contributed by atoms with E-state index in [9.17, 15) is 20.2 Å². The minimum absolute atomic E-state index is 0.0127. The van der Waals surface area contributed by atoms with Gasteiger partial charge in [-0.3, -0.25) is 20.2 Å². The monoisotopic (exact) mass is 684 g/mol. The molecule has 1 fully saturated rings. The minimum Gasteiger partial charge on any atom is -0.497 e. The molecule has 1 saturated heterocycles. The highest BCUT2D eigenvalue weighted by molar-refractivity contribution is 6.76. The maximum absolute atomic E-state index is 11.1. The van der Waals surface area contributed by atoms with E-state index in [-0.39, 0.29) is 11.4 Å². The molecule has 13 nitrogen and oxygen atoms in total. The summed E-state index contributed by atoms with van der Waals surface area (Å²) < 4.78 is 30.4. The second-order valence-electron chi connectivity index (χ2n) is 13.7. The molecule has 48 heavy (non-hydrogen) atoms. The lowest BCUT2D eigenvalue weighted by Gasteiger charge is -2.32. The minimum atomic E-state index is -1.14. The van der Waals surface area contributed by atoms with E-state index in [4.69, 9.17) is 28.6 Å². The number of ether oxygens (including phenoxy) is 3. The zero-order valence-electron chi connectivity index (χ0n) is 30.0. The maximum Gasteiger partial charge on any atom is 0.498 e. The van der Waals surface area contributed by atoms with Gasteiger partial charge in [-0.05, 0) is 52.6 Å². The van der Waals surface area contributed by atoms with E-state index in [0.29, 0.717) is 23.7 Å². The average molecular weight is 685 g/mol. The summed E-state index contributed by atoms with van der Waals surface area (Å²) in [6.45, 7) is 20.1. The molecule has 15 heteroatoms. The van der Waals surface area contributed by atoms with Gasteiger partial charge in [-0.25, -0.2) is 4.68 Å². The van der Waals surface area contributed by atoms with E-state index in [0.717, 1.165) is 48.0 Å². The Labute approximate surface area is 284 Å². The summed E-state index contributed by atoms with van der Waals surface area (Å²) in [5, 5.41) is 26.7. The fourth-order valence-corrected chi connectivity index (χ4v) is 5.84. The number of nitro benzene ring substituents is 2. The van der Waals surface area contributed by atoms with Crippen molar-refractivity contribution in [2.75, 3.05) is 20.8 Å². The predicted molar refractivity (Wildman–Crippen MR) is 189 cm³/mol. The van der Waals surface area contributed by atoms with Gasteiger partial charge in [0, 0.05) is 49.1 Å². The lowest BCUT2D eigenvalue weighted by Crippen LogP contribution is -2.41.